The fourth-order valence-electron chi connectivity index (χ4n) is 9.73. The zero-order chi connectivity index (χ0) is 53.4. The molecule has 16 heteroatoms. The van der Waals surface area contributed by atoms with Crippen molar-refractivity contribution in [3.05, 3.63) is 72.0 Å². The summed E-state index contributed by atoms with van der Waals surface area (Å²) in [4.78, 5) is 52.9. The summed E-state index contributed by atoms with van der Waals surface area (Å²) < 4.78 is 59.6. The number of hydrogen-bond donors (Lipinski definition) is 1. The highest BCUT2D eigenvalue weighted by molar-refractivity contribution is 5.84. The number of ether oxygens (including phenoxy) is 10. The van der Waals surface area contributed by atoms with Crippen molar-refractivity contribution in [3.63, 3.8) is 0 Å². The Morgan fingerprint density at radius 1 is 0.803 bits per heavy atom. The summed E-state index contributed by atoms with van der Waals surface area (Å²) in [7, 11) is 14.4. The van der Waals surface area contributed by atoms with Gasteiger partial charge in [0, 0.05) is 137 Å². The molecule has 16 nitrogen and oxygen atoms in total. The molecule has 2 aliphatic rings. The first-order valence-electron chi connectivity index (χ1n) is 24.9. The third kappa shape index (κ3) is 19.8. The van der Waals surface area contributed by atoms with Crippen LogP contribution in [0.5, 0.6) is 0 Å². The summed E-state index contributed by atoms with van der Waals surface area (Å²) in [6.45, 7) is 13.7. The molecule has 0 saturated carbocycles. The molecule has 0 saturated heterocycles. The molecule has 0 radical (unpaired) electrons. The van der Waals surface area contributed by atoms with E-state index >= 15 is 0 Å². The molecule has 0 spiro atoms. The van der Waals surface area contributed by atoms with Gasteiger partial charge in [-0.1, -0.05) is 89.6 Å². The van der Waals surface area contributed by atoms with E-state index in [9.17, 15) is 24.3 Å². The molecule has 404 valence electrons. The lowest BCUT2D eigenvalue weighted by atomic mass is 9.81. The highest BCUT2D eigenvalue weighted by Gasteiger charge is 2.43. The number of esters is 2. The summed E-state index contributed by atoms with van der Waals surface area (Å²) >= 11 is 0. The quantitative estimate of drug-likeness (QED) is 0.0734. The molecular formula is C55H89NO15. The van der Waals surface area contributed by atoms with Gasteiger partial charge in [-0.25, -0.2) is 9.59 Å². The van der Waals surface area contributed by atoms with E-state index < -0.39 is 60.6 Å². The number of ketones is 1. The van der Waals surface area contributed by atoms with Crippen LogP contribution in [0.1, 0.15) is 87.0 Å². The number of carbonyl (C=O) groups excluding carboxylic acids is 4. The molecule has 17 atom stereocenters. The number of aliphatic hydroxyl groups excluding tert-OH is 1. The lowest BCUT2D eigenvalue weighted by molar-refractivity contribution is -0.162. The van der Waals surface area contributed by atoms with Gasteiger partial charge in [0.15, 0.2) is 0 Å². The van der Waals surface area contributed by atoms with Crippen molar-refractivity contribution in [2.45, 2.75) is 154 Å². The van der Waals surface area contributed by atoms with Gasteiger partial charge in [0.1, 0.15) is 30.2 Å². The van der Waals surface area contributed by atoms with Gasteiger partial charge in [-0.3, -0.25) is 9.59 Å². The normalized spacial score (nSPS) is 33.2. The molecule has 2 bridgehead atoms. The predicted octanol–water partition coefficient (Wildman–Crippen LogP) is 7.19. The van der Waals surface area contributed by atoms with Crippen LogP contribution in [0.25, 0.3) is 0 Å². The molecule has 0 aromatic heterocycles. The van der Waals surface area contributed by atoms with Crippen molar-refractivity contribution in [3.8, 4) is 0 Å². The number of aliphatic hydroxyl groups is 1. The lowest BCUT2D eigenvalue weighted by Crippen LogP contribution is -2.50. The molecule has 0 aromatic carbocycles. The Kier molecular flexibility index (Phi) is 29.5. The largest absolute Gasteiger partial charge is 0.458 e. The van der Waals surface area contributed by atoms with Crippen LogP contribution in [0.4, 0.5) is 0 Å². The Balaban J connectivity index is 2.59. The molecular weight excluding hydrogens is 915 g/mol. The number of methoxy groups -OCH3 is 8. The average Bonchev–Trinajstić information content (AvgIpc) is 3.36. The highest BCUT2D eigenvalue weighted by Crippen LogP contribution is 2.34. The van der Waals surface area contributed by atoms with Crippen molar-refractivity contribution in [2.24, 2.45) is 35.5 Å². The van der Waals surface area contributed by atoms with Crippen molar-refractivity contribution >= 4 is 24.1 Å². The van der Waals surface area contributed by atoms with Gasteiger partial charge in [0.25, 0.3) is 0 Å². The van der Waals surface area contributed by atoms with Gasteiger partial charge in [0.2, 0.25) is 6.41 Å². The van der Waals surface area contributed by atoms with Gasteiger partial charge >= 0.3 is 11.9 Å². The smallest absolute Gasteiger partial charge is 0.331 e. The van der Waals surface area contributed by atoms with Crippen molar-refractivity contribution < 1.29 is 71.7 Å². The lowest BCUT2D eigenvalue weighted by Gasteiger charge is -2.39. The summed E-state index contributed by atoms with van der Waals surface area (Å²) in [6.07, 6.45) is 14.2. The topological polar surface area (TPSA) is 184 Å². The van der Waals surface area contributed by atoms with Crippen LogP contribution >= 0.6 is 0 Å². The number of carbonyl (C=O) groups is 4. The number of cyclic esters (lactones) is 1. The molecule has 1 amide bonds. The molecule has 0 fully saturated rings. The van der Waals surface area contributed by atoms with Crippen LogP contribution in [-0.4, -0.2) is 165 Å². The second-order valence-corrected chi connectivity index (χ2v) is 19.3. The molecule has 0 aliphatic carbocycles. The molecule has 0 aromatic rings. The number of nitrogens with zero attached hydrogens (tertiary/aromatic N) is 1. The van der Waals surface area contributed by atoms with Gasteiger partial charge in [-0.15, -0.1) is 0 Å². The summed E-state index contributed by atoms with van der Waals surface area (Å²) in [5, 5.41) is 11.8. The number of rotatable bonds is 20. The highest BCUT2D eigenvalue weighted by atomic mass is 16.6. The van der Waals surface area contributed by atoms with Gasteiger partial charge in [0.05, 0.1) is 42.7 Å². The van der Waals surface area contributed by atoms with E-state index in [4.69, 9.17) is 47.4 Å². The zero-order valence-electron chi connectivity index (χ0n) is 45.5. The minimum atomic E-state index is -1.22. The molecule has 71 heavy (non-hydrogen) atoms. The van der Waals surface area contributed by atoms with E-state index in [0.717, 1.165) is 5.57 Å². The van der Waals surface area contributed by atoms with Crippen LogP contribution < -0.4 is 0 Å². The van der Waals surface area contributed by atoms with E-state index in [2.05, 4.69) is 6.92 Å². The van der Waals surface area contributed by atoms with Crippen LogP contribution in [0, 0.1) is 35.5 Å². The summed E-state index contributed by atoms with van der Waals surface area (Å²) in [5.74, 6) is -2.75. The number of amides is 1. The number of fused-ring (bicyclic) bond motifs is 2. The van der Waals surface area contributed by atoms with E-state index in [1.807, 2.05) is 71.9 Å². The fourth-order valence-corrected chi connectivity index (χ4v) is 9.73. The van der Waals surface area contributed by atoms with Crippen LogP contribution in [0.15, 0.2) is 72.0 Å². The molecule has 2 rings (SSSR count). The Morgan fingerprint density at radius 3 is 1.96 bits per heavy atom. The Morgan fingerprint density at radius 2 is 1.41 bits per heavy atom. The number of hydrogen-bond acceptors (Lipinski definition) is 15. The van der Waals surface area contributed by atoms with Crippen LogP contribution in [0.3, 0.4) is 0 Å². The molecule has 2 heterocycles. The first kappa shape index (κ1) is 63.3. The van der Waals surface area contributed by atoms with E-state index in [1.165, 1.54) is 31.3 Å². The molecule has 15 unspecified atom stereocenters. The van der Waals surface area contributed by atoms with Gasteiger partial charge in [-0.2, -0.15) is 0 Å². The van der Waals surface area contributed by atoms with Crippen LogP contribution in [0.2, 0.25) is 0 Å². The third-order valence-corrected chi connectivity index (χ3v) is 14.4. The maximum Gasteiger partial charge on any atom is 0.331 e. The van der Waals surface area contributed by atoms with Crippen LogP contribution in [-0.2, 0) is 66.5 Å². The predicted molar refractivity (Wildman–Crippen MR) is 272 cm³/mol. The summed E-state index contributed by atoms with van der Waals surface area (Å²) in [6, 6.07) is 0. The van der Waals surface area contributed by atoms with Crippen molar-refractivity contribution in [2.75, 3.05) is 63.9 Å². The summed E-state index contributed by atoms with van der Waals surface area (Å²) in [5.41, 5.74) is 1.15. The van der Waals surface area contributed by atoms with E-state index in [-0.39, 0.29) is 59.8 Å². The number of Topliss-reactive ketones (excluding diaryl/α,β-unsaturated/α-hetero) is 1. The Hall–Kier alpha value is -3.84. The second-order valence-electron chi connectivity index (χ2n) is 19.3. The Bertz CT molecular complexity index is 1790. The molecule has 1 N–H and O–H groups in total. The average molecular weight is 1000 g/mol. The fraction of sp³-hybridized carbons (Fsp3) is 0.709. The van der Waals surface area contributed by atoms with E-state index in [1.54, 1.807) is 68.1 Å². The SMILES string of the molecule is COC1/C=C/C(C)C(C(C)C(OC)C(C)CCC(=O)C(C)C(C/C=C/N(C)C=O)OC)OC(=O)/C=C/C=C(\C)CC(OC)C(OC)C2=CC(=O)O[C@@H](C(C)C(OC)CC(OC)/C=C/C(C)C(OC)C1)[C@H]2O. The standard InChI is InChI=1S/C55H89NO15/c1-34-19-17-21-49(59)70-53(40(7)52(68-15)36(3)24-27-44(58)38(5)45(64-11)20-18-28-56(8)33-57)37(4)23-26-41(62-9)30-46(65-12)35(2)22-25-42(63-10)31-47(66-13)39(6)54-51(61)43(32-50(60)71-54)55(69-16)48(29-34)67-14/h17-19,21-23,25-26,28,32-33,35-42,45-48,51-55,61H,20,24,27,29-31H2,1-16H3/b21-17+,25-22+,26-23+,28-18+,34-19+/t35?,36?,37?,38?,39?,40?,41?,42?,45?,46?,47?,48?,51-,52?,53?,54-,55?/m0/s1. The minimum Gasteiger partial charge on any atom is -0.458 e. The Labute approximate surface area is 425 Å². The monoisotopic (exact) mass is 1000 g/mol. The first-order valence-corrected chi connectivity index (χ1v) is 24.9. The maximum atomic E-state index is 13.8. The number of allylic oxidation sites excluding steroid dienone is 2. The van der Waals surface area contributed by atoms with E-state index in [0.29, 0.717) is 50.5 Å². The maximum absolute atomic E-state index is 13.8. The minimum absolute atomic E-state index is 0.0551. The van der Waals surface area contributed by atoms with Gasteiger partial charge in [-0.05, 0) is 32.1 Å². The van der Waals surface area contributed by atoms with Gasteiger partial charge < -0.3 is 57.4 Å². The first-order chi connectivity index (χ1) is 33.8. The van der Waals surface area contributed by atoms with Crippen molar-refractivity contribution in [1.29, 1.82) is 0 Å². The molecule has 2 aliphatic heterocycles. The second kappa shape index (κ2) is 33.1. The zero-order valence-corrected chi connectivity index (χ0v) is 45.5. The van der Waals surface area contributed by atoms with Crippen molar-refractivity contribution in [1.82, 2.24) is 4.90 Å². The third-order valence-electron chi connectivity index (χ3n) is 14.4.